The zero-order chi connectivity index (χ0) is 33.2. The van der Waals surface area contributed by atoms with E-state index < -0.39 is 5.97 Å². The van der Waals surface area contributed by atoms with E-state index >= 15 is 0 Å². The molecule has 3 aromatic carbocycles. The highest BCUT2D eigenvalue weighted by molar-refractivity contribution is 6.01. The van der Waals surface area contributed by atoms with Crippen molar-refractivity contribution < 1.29 is 33.7 Å². The number of methoxy groups -OCH3 is 3. The Morgan fingerprint density at radius 1 is 0.848 bits per heavy atom. The standard InChI is InChI=1S/C35H44N4O7/c1-22-8-6-7-9-27(22)37-35(43)38-28-12-10-25(19-32(28)45-4)29(36-23(2)40)18-24-14-16-39(17-15-24)30(21-34(41)42)26-11-13-31(44-3)33(20-26)46-5/h6-13,19-20,24,29-30H,14-18,21H2,1-5H3,(H,36,40)(H,41,42)(H2,37,38,43). The maximum Gasteiger partial charge on any atom is 0.323 e. The van der Waals surface area contributed by atoms with Gasteiger partial charge in [-0.1, -0.05) is 30.3 Å². The number of benzene rings is 3. The van der Waals surface area contributed by atoms with Gasteiger partial charge in [0.05, 0.1) is 39.5 Å². The van der Waals surface area contributed by atoms with Gasteiger partial charge in [0.1, 0.15) is 5.75 Å². The minimum atomic E-state index is -0.868. The second kappa shape index (κ2) is 16.0. The van der Waals surface area contributed by atoms with Crippen molar-refractivity contribution in [1.82, 2.24) is 10.2 Å². The number of likely N-dealkylation sites (tertiary alicyclic amines) is 1. The predicted octanol–water partition coefficient (Wildman–Crippen LogP) is 6.16. The lowest BCUT2D eigenvalue weighted by Gasteiger charge is -2.38. The molecule has 1 saturated heterocycles. The first-order valence-corrected chi connectivity index (χ1v) is 15.4. The summed E-state index contributed by atoms with van der Waals surface area (Å²) in [7, 11) is 4.67. The van der Waals surface area contributed by atoms with Gasteiger partial charge in [-0.3, -0.25) is 14.5 Å². The van der Waals surface area contributed by atoms with E-state index in [1.54, 1.807) is 33.5 Å². The first-order chi connectivity index (χ1) is 22.1. The minimum Gasteiger partial charge on any atom is -0.495 e. The molecule has 246 valence electrons. The first-order valence-electron chi connectivity index (χ1n) is 15.4. The van der Waals surface area contributed by atoms with Gasteiger partial charge in [-0.05, 0) is 92.2 Å². The first kappa shape index (κ1) is 34.1. The van der Waals surface area contributed by atoms with Gasteiger partial charge in [0, 0.05) is 18.7 Å². The van der Waals surface area contributed by atoms with Crippen molar-refractivity contribution in [3.63, 3.8) is 0 Å². The van der Waals surface area contributed by atoms with E-state index in [9.17, 15) is 19.5 Å². The van der Waals surface area contributed by atoms with E-state index in [4.69, 9.17) is 14.2 Å². The van der Waals surface area contributed by atoms with Crippen molar-refractivity contribution >= 4 is 29.3 Å². The number of para-hydroxylation sites is 1. The van der Waals surface area contributed by atoms with Crippen LogP contribution >= 0.6 is 0 Å². The largest absolute Gasteiger partial charge is 0.495 e. The molecule has 1 aliphatic rings. The van der Waals surface area contributed by atoms with Gasteiger partial charge >= 0.3 is 12.0 Å². The molecule has 0 aliphatic carbocycles. The van der Waals surface area contributed by atoms with E-state index in [-0.39, 0.29) is 30.4 Å². The van der Waals surface area contributed by atoms with E-state index in [1.165, 1.54) is 6.92 Å². The van der Waals surface area contributed by atoms with Crippen LogP contribution in [0.2, 0.25) is 0 Å². The van der Waals surface area contributed by atoms with Gasteiger partial charge in [-0.2, -0.15) is 0 Å². The summed E-state index contributed by atoms with van der Waals surface area (Å²) in [5, 5.41) is 18.5. The predicted molar refractivity (Wildman–Crippen MR) is 177 cm³/mol. The van der Waals surface area contributed by atoms with Gasteiger partial charge in [0.2, 0.25) is 5.91 Å². The van der Waals surface area contributed by atoms with E-state index in [0.29, 0.717) is 54.1 Å². The maximum atomic E-state index is 12.7. The molecular weight excluding hydrogens is 588 g/mol. The second-order valence-corrected chi connectivity index (χ2v) is 11.6. The van der Waals surface area contributed by atoms with Crippen LogP contribution in [0.5, 0.6) is 17.2 Å². The van der Waals surface area contributed by atoms with Gasteiger partial charge in [-0.15, -0.1) is 0 Å². The van der Waals surface area contributed by atoms with Crippen LogP contribution in [-0.4, -0.2) is 62.3 Å². The number of nitrogens with one attached hydrogen (secondary N) is 3. The van der Waals surface area contributed by atoms with Crippen LogP contribution in [0.3, 0.4) is 0 Å². The highest BCUT2D eigenvalue weighted by atomic mass is 16.5. The second-order valence-electron chi connectivity index (χ2n) is 11.6. The normalized spacial score (nSPS) is 14.9. The third kappa shape index (κ3) is 8.91. The van der Waals surface area contributed by atoms with E-state index in [2.05, 4.69) is 20.9 Å². The summed E-state index contributed by atoms with van der Waals surface area (Å²) in [6.45, 7) is 4.85. The van der Waals surface area contributed by atoms with Crippen LogP contribution in [0.1, 0.15) is 61.4 Å². The number of amides is 3. The highest BCUT2D eigenvalue weighted by Crippen LogP contribution is 2.38. The molecule has 3 aromatic rings. The van der Waals surface area contributed by atoms with Crippen molar-refractivity contribution in [2.45, 2.75) is 51.6 Å². The van der Waals surface area contributed by atoms with Crippen LogP contribution in [0.4, 0.5) is 16.2 Å². The summed E-state index contributed by atoms with van der Waals surface area (Å²) in [5.74, 6) is 0.922. The molecule has 0 bridgehead atoms. The van der Waals surface area contributed by atoms with Crippen molar-refractivity contribution in [3.05, 3.63) is 77.4 Å². The minimum absolute atomic E-state index is 0.0299. The molecule has 11 nitrogen and oxygen atoms in total. The number of carboxylic acid groups (broad SMARTS) is 1. The monoisotopic (exact) mass is 632 g/mol. The summed E-state index contributed by atoms with van der Waals surface area (Å²) in [6, 6.07) is 17.6. The molecule has 4 rings (SSSR count). The van der Waals surface area contributed by atoms with Crippen LogP contribution in [-0.2, 0) is 9.59 Å². The number of aryl methyl sites for hydroxylation is 1. The average molecular weight is 633 g/mol. The number of carbonyl (C=O) groups excluding carboxylic acids is 2. The molecule has 11 heteroatoms. The molecule has 0 aromatic heterocycles. The Bertz CT molecular complexity index is 1520. The fourth-order valence-corrected chi connectivity index (χ4v) is 6.06. The maximum absolute atomic E-state index is 12.7. The summed E-state index contributed by atoms with van der Waals surface area (Å²) < 4.78 is 16.5. The number of hydrogen-bond acceptors (Lipinski definition) is 7. The molecule has 1 fully saturated rings. The number of anilines is 2. The zero-order valence-electron chi connectivity index (χ0n) is 27.1. The van der Waals surface area contributed by atoms with Gasteiger partial charge in [0.15, 0.2) is 11.5 Å². The molecule has 1 heterocycles. The average Bonchev–Trinajstić information content (AvgIpc) is 3.04. The van der Waals surface area contributed by atoms with Crippen LogP contribution in [0.25, 0.3) is 0 Å². The van der Waals surface area contributed by atoms with Crippen molar-refractivity contribution in [2.75, 3.05) is 45.1 Å². The molecule has 1 aliphatic heterocycles. The zero-order valence-corrected chi connectivity index (χ0v) is 27.1. The van der Waals surface area contributed by atoms with Crippen molar-refractivity contribution in [3.8, 4) is 17.2 Å². The smallest absolute Gasteiger partial charge is 0.323 e. The SMILES string of the molecule is COc1cc(C(CC2CCN(C(CC(=O)O)c3ccc(OC)c(OC)c3)CC2)NC(C)=O)ccc1NC(=O)Nc1ccccc1C. The van der Waals surface area contributed by atoms with Crippen molar-refractivity contribution in [1.29, 1.82) is 0 Å². The van der Waals surface area contributed by atoms with E-state index in [1.807, 2.05) is 55.5 Å². The van der Waals surface area contributed by atoms with Crippen molar-refractivity contribution in [2.24, 2.45) is 5.92 Å². The topological polar surface area (TPSA) is 138 Å². The number of nitrogens with zero attached hydrogens (tertiary/aromatic N) is 1. The molecule has 4 N–H and O–H groups in total. The Labute approximate surface area is 270 Å². The van der Waals surface area contributed by atoms with Gasteiger partial charge in [0.25, 0.3) is 0 Å². The lowest BCUT2D eigenvalue weighted by Crippen LogP contribution is -2.39. The lowest BCUT2D eigenvalue weighted by molar-refractivity contribution is -0.138. The van der Waals surface area contributed by atoms with Crippen LogP contribution in [0.15, 0.2) is 60.7 Å². The molecule has 3 amide bonds. The number of rotatable bonds is 13. The summed E-state index contributed by atoms with van der Waals surface area (Å²) >= 11 is 0. The molecule has 0 spiro atoms. The van der Waals surface area contributed by atoms with Gasteiger partial charge < -0.3 is 35.3 Å². The lowest BCUT2D eigenvalue weighted by atomic mass is 9.86. The number of ether oxygens (including phenoxy) is 3. The quantitative estimate of drug-likeness (QED) is 0.176. The number of hydrogen-bond donors (Lipinski definition) is 4. The third-order valence-corrected chi connectivity index (χ3v) is 8.47. The Morgan fingerprint density at radius 3 is 2.11 bits per heavy atom. The molecule has 0 radical (unpaired) electrons. The Kier molecular flexibility index (Phi) is 11.9. The fraction of sp³-hybridized carbons (Fsp3) is 0.400. The van der Waals surface area contributed by atoms with E-state index in [0.717, 1.165) is 29.5 Å². The molecule has 0 saturated carbocycles. The number of aliphatic carboxylic acids is 1. The number of carboxylic acids is 1. The third-order valence-electron chi connectivity index (χ3n) is 8.47. The summed E-state index contributed by atoms with van der Waals surface area (Å²) in [5.41, 5.74) is 3.90. The molecule has 2 atom stereocenters. The van der Waals surface area contributed by atoms with Crippen LogP contribution in [0, 0.1) is 12.8 Å². The Morgan fingerprint density at radius 2 is 1.48 bits per heavy atom. The Hall–Kier alpha value is -4.77. The number of urea groups is 1. The molecular formula is C35H44N4O7. The summed E-state index contributed by atoms with van der Waals surface area (Å²) in [6.07, 6.45) is 2.36. The molecule has 2 unspecified atom stereocenters. The van der Waals surface area contributed by atoms with Crippen LogP contribution < -0.4 is 30.2 Å². The summed E-state index contributed by atoms with van der Waals surface area (Å²) in [4.78, 5) is 39.0. The Balaban J connectivity index is 1.44. The fourth-order valence-electron chi connectivity index (χ4n) is 6.06. The number of carbonyl (C=O) groups is 3. The number of piperidine rings is 1. The van der Waals surface area contributed by atoms with Gasteiger partial charge in [-0.25, -0.2) is 4.79 Å². The highest BCUT2D eigenvalue weighted by Gasteiger charge is 2.30. The molecule has 46 heavy (non-hydrogen) atoms.